The molecule has 1 atom stereocenters. The van der Waals surface area contributed by atoms with Crippen LogP contribution < -0.4 is 5.32 Å². The van der Waals surface area contributed by atoms with E-state index in [2.05, 4.69) is 15.3 Å². The van der Waals surface area contributed by atoms with Crippen molar-refractivity contribution in [1.82, 2.24) is 20.2 Å². The molecule has 0 bridgehead atoms. The van der Waals surface area contributed by atoms with Crippen molar-refractivity contribution in [2.45, 2.75) is 36.9 Å². The maximum absolute atomic E-state index is 14.9. The highest BCUT2D eigenvalue weighted by atomic mass is 35.5. The molecule has 5 nitrogen and oxygen atoms in total. The lowest BCUT2D eigenvalue weighted by molar-refractivity contribution is -0.187. The quantitative estimate of drug-likeness (QED) is 0.343. The molecule has 1 unspecified atom stereocenters. The fourth-order valence-corrected chi connectivity index (χ4v) is 4.90. The van der Waals surface area contributed by atoms with Gasteiger partial charge in [0.25, 0.3) is 5.91 Å². The van der Waals surface area contributed by atoms with Crippen molar-refractivity contribution in [3.8, 4) is 0 Å². The van der Waals surface area contributed by atoms with Crippen molar-refractivity contribution in [2.24, 2.45) is 0 Å². The predicted octanol–water partition coefficient (Wildman–Crippen LogP) is 5.21. The molecule has 36 heavy (non-hydrogen) atoms. The Morgan fingerprint density at radius 3 is 2.42 bits per heavy atom. The molecule has 3 aromatic rings. The van der Waals surface area contributed by atoms with E-state index in [1.54, 1.807) is 30.3 Å². The smallest absolute Gasteiger partial charge is 0.351 e. The van der Waals surface area contributed by atoms with E-state index in [1.807, 2.05) is 0 Å². The average Bonchev–Trinajstić information content (AvgIpc) is 2.86. The summed E-state index contributed by atoms with van der Waals surface area (Å²) in [5.74, 6) is -0.987. The SMILES string of the molecule is O=C(NCC1(c2ncccc2F)CCN(C(Cc2ccccc2)C(F)(F)F)CC1)c1ccnc(Cl)c1. The normalized spacial score (nSPS) is 16.9. The van der Waals surface area contributed by atoms with Crippen molar-refractivity contribution in [2.75, 3.05) is 19.6 Å². The molecule has 0 radical (unpaired) electrons. The summed E-state index contributed by atoms with van der Waals surface area (Å²) in [7, 11) is 0. The Labute approximate surface area is 211 Å². The second-order valence-corrected chi connectivity index (χ2v) is 9.33. The van der Waals surface area contributed by atoms with Crippen LogP contribution in [-0.4, -0.2) is 52.6 Å². The van der Waals surface area contributed by atoms with Crippen molar-refractivity contribution in [3.05, 3.63) is 94.8 Å². The molecule has 1 aromatic carbocycles. The van der Waals surface area contributed by atoms with Crippen LogP contribution in [0, 0.1) is 5.82 Å². The van der Waals surface area contributed by atoms with Crippen molar-refractivity contribution >= 4 is 17.5 Å². The van der Waals surface area contributed by atoms with Crippen LogP contribution in [0.15, 0.2) is 67.0 Å². The first-order chi connectivity index (χ1) is 17.2. The Bertz CT molecular complexity index is 1180. The minimum absolute atomic E-state index is 0.0168. The van der Waals surface area contributed by atoms with Gasteiger partial charge in [0.15, 0.2) is 0 Å². The number of pyridine rings is 2. The number of likely N-dealkylation sites (tertiary alicyclic amines) is 1. The van der Waals surface area contributed by atoms with E-state index < -0.39 is 29.4 Å². The minimum Gasteiger partial charge on any atom is -0.351 e. The Balaban J connectivity index is 1.55. The molecule has 1 N–H and O–H groups in total. The zero-order valence-corrected chi connectivity index (χ0v) is 20.1. The number of nitrogens with one attached hydrogen (secondary N) is 1. The zero-order chi connectivity index (χ0) is 25.8. The number of nitrogens with zero attached hydrogens (tertiary/aromatic N) is 3. The molecule has 1 fully saturated rings. The van der Waals surface area contributed by atoms with E-state index in [9.17, 15) is 22.4 Å². The maximum atomic E-state index is 14.9. The molecule has 190 valence electrons. The van der Waals surface area contributed by atoms with Crippen LogP contribution >= 0.6 is 11.6 Å². The van der Waals surface area contributed by atoms with Crippen LogP contribution in [0.1, 0.15) is 34.5 Å². The summed E-state index contributed by atoms with van der Waals surface area (Å²) in [6.45, 7) is 0.164. The third kappa shape index (κ3) is 6.02. The van der Waals surface area contributed by atoms with Gasteiger partial charge in [0.2, 0.25) is 0 Å². The summed E-state index contributed by atoms with van der Waals surface area (Å²) in [6.07, 6.45) is -1.37. The molecule has 1 saturated heterocycles. The van der Waals surface area contributed by atoms with Gasteiger partial charge in [-0.2, -0.15) is 13.2 Å². The average molecular weight is 521 g/mol. The van der Waals surface area contributed by atoms with Gasteiger partial charge in [-0.05, 0) is 62.2 Å². The molecule has 4 rings (SSSR count). The molecule has 1 aliphatic rings. The lowest BCUT2D eigenvalue weighted by Crippen LogP contribution is -2.55. The summed E-state index contributed by atoms with van der Waals surface area (Å²) in [4.78, 5) is 22.2. The fraction of sp³-hybridized carbons (Fsp3) is 0.346. The number of rotatable bonds is 7. The van der Waals surface area contributed by atoms with Gasteiger partial charge >= 0.3 is 6.18 Å². The van der Waals surface area contributed by atoms with Crippen molar-refractivity contribution in [3.63, 3.8) is 0 Å². The summed E-state index contributed by atoms with van der Waals surface area (Å²) >= 11 is 5.87. The molecule has 0 aliphatic carbocycles. The second-order valence-electron chi connectivity index (χ2n) is 8.95. The zero-order valence-electron chi connectivity index (χ0n) is 19.3. The van der Waals surface area contributed by atoms with E-state index >= 15 is 0 Å². The number of hydrogen-bond acceptors (Lipinski definition) is 4. The van der Waals surface area contributed by atoms with E-state index in [0.717, 1.165) is 0 Å². The first-order valence-corrected chi connectivity index (χ1v) is 11.9. The third-order valence-electron chi connectivity index (χ3n) is 6.68. The van der Waals surface area contributed by atoms with Crippen LogP contribution in [-0.2, 0) is 11.8 Å². The topological polar surface area (TPSA) is 58.1 Å². The van der Waals surface area contributed by atoms with Gasteiger partial charge in [0, 0.05) is 29.9 Å². The van der Waals surface area contributed by atoms with Crippen LogP contribution in [0.5, 0.6) is 0 Å². The van der Waals surface area contributed by atoms with Gasteiger partial charge in [-0.15, -0.1) is 0 Å². The van der Waals surface area contributed by atoms with Crippen LogP contribution in [0.3, 0.4) is 0 Å². The van der Waals surface area contributed by atoms with Gasteiger partial charge in [-0.25, -0.2) is 9.37 Å². The number of carbonyl (C=O) groups is 1. The number of piperidine rings is 1. The molecule has 10 heteroatoms. The first-order valence-electron chi connectivity index (χ1n) is 11.5. The van der Waals surface area contributed by atoms with Gasteiger partial charge in [-0.3, -0.25) is 14.7 Å². The van der Waals surface area contributed by atoms with Gasteiger partial charge < -0.3 is 5.32 Å². The summed E-state index contributed by atoms with van der Waals surface area (Å²) in [5, 5.41) is 2.95. The molecule has 3 heterocycles. The number of amides is 1. The molecule has 1 amide bonds. The largest absolute Gasteiger partial charge is 0.404 e. The number of carbonyl (C=O) groups excluding carboxylic acids is 1. The Kier molecular flexibility index (Phi) is 7.90. The molecular weight excluding hydrogens is 496 g/mol. The second kappa shape index (κ2) is 10.9. The highest BCUT2D eigenvalue weighted by Gasteiger charge is 2.47. The Morgan fingerprint density at radius 2 is 1.78 bits per heavy atom. The third-order valence-corrected chi connectivity index (χ3v) is 6.89. The van der Waals surface area contributed by atoms with Gasteiger partial charge in [0.05, 0.1) is 5.69 Å². The van der Waals surface area contributed by atoms with Gasteiger partial charge in [-0.1, -0.05) is 41.9 Å². The predicted molar refractivity (Wildman–Crippen MR) is 128 cm³/mol. The van der Waals surface area contributed by atoms with Crippen LogP contribution in [0.2, 0.25) is 5.15 Å². The fourth-order valence-electron chi connectivity index (χ4n) is 4.72. The highest BCUT2D eigenvalue weighted by Crippen LogP contribution is 2.38. The summed E-state index contributed by atoms with van der Waals surface area (Å²) in [6, 6.07) is 12.5. The number of hydrogen-bond donors (Lipinski definition) is 1. The first kappa shape index (κ1) is 26.0. The monoisotopic (exact) mass is 520 g/mol. The van der Waals surface area contributed by atoms with Crippen molar-refractivity contribution in [1.29, 1.82) is 0 Å². The van der Waals surface area contributed by atoms with E-state index in [-0.39, 0.29) is 55.3 Å². The molecule has 1 aliphatic heterocycles. The summed E-state index contributed by atoms with van der Waals surface area (Å²) < 4.78 is 57.0. The molecular formula is C26H25ClF4N4O. The summed E-state index contributed by atoms with van der Waals surface area (Å²) in [5.41, 5.74) is 0.0566. The number of alkyl halides is 3. The minimum atomic E-state index is -4.43. The molecule has 2 aromatic heterocycles. The lowest BCUT2D eigenvalue weighted by Gasteiger charge is -2.44. The van der Waals surface area contributed by atoms with E-state index in [1.165, 1.54) is 41.6 Å². The Hall–Kier alpha value is -3.04. The van der Waals surface area contributed by atoms with E-state index in [0.29, 0.717) is 5.56 Å². The maximum Gasteiger partial charge on any atom is 0.404 e. The number of aromatic nitrogens is 2. The van der Waals surface area contributed by atoms with Crippen LogP contribution in [0.4, 0.5) is 17.6 Å². The van der Waals surface area contributed by atoms with E-state index in [4.69, 9.17) is 11.6 Å². The number of halogens is 5. The van der Waals surface area contributed by atoms with Crippen molar-refractivity contribution < 1.29 is 22.4 Å². The standard InChI is InChI=1S/C26H25ClF4N4O/c27-22-16-19(8-12-32-22)24(36)34-17-25(23-20(28)7-4-11-33-23)9-13-35(14-10-25)21(26(29,30)31)15-18-5-2-1-3-6-18/h1-8,11-12,16,21H,9-10,13-15,17H2,(H,34,36). The number of benzene rings is 1. The van der Waals surface area contributed by atoms with Gasteiger partial charge in [0.1, 0.15) is 17.0 Å². The highest BCUT2D eigenvalue weighted by molar-refractivity contribution is 6.29. The van der Waals surface area contributed by atoms with Crippen LogP contribution in [0.25, 0.3) is 0 Å². The Morgan fingerprint density at radius 1 is 1.06 bits per heavy atom. The molecule has 0 saturated carbocycles. The molecule has 0 spiro atoms. The lowest BCUT2D eigenvalue weighted by atomic mass is 9.74.